The lowest BCUT2D eigenvalue weighted by Crippen LogP contribution is -2.24. The van der Waals surface area contributed by atoms with Crippen LogP contribution in [0.5, 0.6) is 0 Å². The van der Waals surface area contributed by atoms with Gasteiger partial charge in [-0.25, -0.2) is 0 Å². The molecule has 2 aromatic rings. The van der Waals surface area contributed by atoms with Gasteiger partial charge in [0, 0.05) is 30.0 Å². The number of hydrogen-bond acceptors (Lipinski definition) is 3. The van der Waals surface area contributed by atoms with Crippen LogP contribution in [-0.2, 0) is 4.79 Å². The third-order valence-corrected chi connectivity index (χ3v) is 5.18. The Hall–Kier alpha value is -1.52. The average molecular weight is 305 g/mol. The number of pyridine rings is 1. The van der Waals surface area contributed by atoms with Crippen molar-refractivity contribution in [1.29, 1.82) is 0 Å². The number of rotatable bonds is 2. The molecule has 0 radical (unpaired) electrons. The third kappa shape index (κ3) is 2.41. The monoisotopic (exact) mass is 304 g/mol. The van der Waals surface area contributed by atoms with E-state index in [1.165, 1.54) is 0 Å². The molecule has 1 aromatic carbocycles. The molecule has 3 nitrogen and oxygen atoms in total. The number of carbonyl (C=O) groups excluding carboxylic acids is 1. The number of thioether (sulfide) groups is 1. The molecular formula is C15H13ClN2OS. The van der Waals surface area contributed by atoms with Crippen molar-refractivity contribution in [2.24, 2.45) is 0 Å². The van der Waals surface area contributed by atoms with Crippen LogP contribution in [0.2, 0.25) is 5.02 Å². The molecule has 0 aliphatic carbocycles. The Kier molecular flexibility index (Phi) is 3.68. The van der Waals surface area contributed by atoms with Gasteiger partial charge in [-0.2, -0.15) is 0 Å². The van der Waals surface area contributed by atoms with Crippen molar-refractivity contribution in [3.8, 4) is 0 Å². The summed E-state index contributed by atoms with van der Waals surface area (Å²) < 4.78 is 0. The van der Waals surface area contributed by atoms with Gasteiger partial charge in [0.05, 0.1) is 0 Å². The Balaban J connectivity index is 1.89. The second-order valence-electron chi connectivity index (χ2n) is 4.66. The SMILES string of the molecule is CN1C(=O)C(c2ccc(Cl)cc2)SC1c1cccnc1. The molecule has 0 N–H and O–H groups in total. The second kappa shape index (κ2) is 5.46. The van der Waals surface area contributed by atoms with E-state index in [9.17, 15) is 4.79 Å². The van der Waals surface area contributed by atoms with Crippen LogP contribution in [0, 0.1) is 0 Å². The van der Waals surface area contributed by atoms with E-state index >= 15 is 0 Å². The molecule has 2 heterocycles. The van der Waals surface area contributed by atoms with Gasteiger partial charge < -0.3 is 4.90 Å². The maximum absolute atomic E-state index is 12.4. The van der Waals surface area contributed by atoms with Crippen LogP contribution < -0.4 is 0 Å². The van der Waals surface area contributed by atoms with E-state index < -0.39 is 0 Å². The fourth-order valence-corrected chi connectivity index (χ4v) is 3.83. The van der Waals surface area contributed by atoms with E-state index in [1.54, 1.807) is 22.9 Å². The number of hydrogen-bond donors (Lipinski definition) is 0. The number of benzene rings is 1. The number of aromatic nitrogens is 1. The Labute approximate surface area is 127 Å². The zero-order valence-corrected chi connectivity index (χ0v) is 12.4. The highest BCUT2D eigenvalue weighted by atomic mass is 35.5. The first-order chi connectivity index (χ1) is 9.66. The zero-order valence-electron chi connectivity index (χ0n) is 10.9. The number of likely N-dealkylation sites (N-methyl/N-ethyl adjacent to an activating group) is 1. The molecule has 3 rings (SSSR count). The summed E-state index contributed by atoms with van der Waals surface area (Å²) >= 11 is 7.53. The molecule has 1 amide bonds. The van der Waals surface area contributed by atoms with Crippen LogP contribution in [0.25, 0.3) is 0 Å². The highest BCUT2D eigenvalue weighted by molar-refractivity contribution is 8.00. The molecule has 20 heavy (non-hydrogen) atoms. The molecule has 1 aliphatic heterocycles. The number of nitrogens with zero attached hydrogens (tertiary/aromatic N) is 2. The molecule has 0 bridgehead atoms. The van der Waals surface area contributed by atoms with Crippen LogP contribution in [0.4, 0.5) is 0 Å². The molecule has 2 atom stereocenters. The zero-order chi connectivity index (χ0) is 14.1. The van der Waals surface area contributed by atoms with E-state index in [1.807, 2.05) is 49.6 Å². The van der Waals surface area contributed by atoms with Gasteiger partial charge >= 0.3 is 0 Å². The summed E-state index contributed by atoms with van der Waals surface area (Å²) in [7, 11) is 1.84. The molecule has 1 fully saturated rings. The molecule has 1 saturated heterocycles. The topological polar surface area (TPSA) is 33.2 Å². The summed E-state index contributed by atoms with van der Waals surface area (Å²) in [6.07, 6.45) is 3.55. The second-order valence-corrected chi connectivity index (χ2v) is 6.28. The first-order valence-corrected chi connectivity index (χ1v) is 7.56. The van der Waals surface area contributed by atoms with Crippen molar-refractivity contribution in [2.75, 3.05) is 7.05 Å². The summed E-state index contributed by atoms with van der Waals surface area (Å²) in [6.45, 7) is 0. The summed E-state index contributed by atoms with van der Waals surface area (Å²) in [5.74, 6) is 0.117. The van der Waals surface area contributed by atoms with Crippen LogP contribution in [0.3, 0.4) is 0 Å². The standard InChI is InChI=1S/C15H13ClN2OS/c1-18-14(19)13(10-4-6-12(16)7-5-10)20-15(18)11-3-2-8-17-9-11/h2-9,13,15H,1H3. The van der Waals surface area contributed by atoms with Gasteiger partial charge in [0.25, 0.3) is 0 Å². The van der Waals surface area contributed by atoms with E-state index in [-0.39, 0.29) is 16.5 Å². The number of carbonyl (C=O) groups is 1. The van der Waals surface area contributed by atoms with Gasteiger partial charge in [-0.3, -0.25) is 9.78 Å². The molecule has 0 saturated carbocycles. The van der Waals surface area contributed by atoms with Gasteiger partial charge in [-0.05, 0) is 23.8 Å². The average Bonchev–Trinajstić information content (AvgIpc) is 2.77. The largest absolute Gasteiger partial charge is 0.328 e. The van der Waals surface area contributed by atoms with Crippen molar-refractivity contribution in [1.82, 2.24) is 9.88 Å². The fraction of sp³-hybridized carbons (Fsp3) is 0.200. The van der Waals surface area contributed by atoms with Crippen LogP contribution in [0.15, 0.2) is 48.8 Å². The van der Waals surface area contributed by atoms with Crippen molar-refractivity contribution < 1.29 is 4.79 Å². The summed E-state index contributed by atoms with van der Waals surface area (Å²) in [4.78, 5) is 18.3. The van der Waals surface area contributed by atoms with Crippen molar-refractivity contribution in [2.45, 2.75) is 10.6 Å². The van der Waals surface area contributed by atoms with Gasteiger partial charge in [0.1, 0.15) is 10.6 Å². The fourth-order valence-electron chi connectivity index (χ4n) is 2.26. The minimum Gasteiger partial charge on any atom is -0.328 e. The van der Waals surface area contributed by atoms with Crippen LogP contribution in [0.1, 0.15) is 21.8 Å². The van der Waals surface area contributed by atoms with Gasteiger partial charge in [-0.15, -0.1) is 11.8 Å². The van der Waals surface area contributed by atoms with Crippen molar-refractivity contribution in [3.05, 3.63) is 64.9 Å². The summed E-state index contributed by atoms with van der Waals surface area (Å²) in [5.41, 5.74) is 2.03. The van der Waals surface area contributed by atoms with E-state index in [2.05, 4.69) is 4.98 Å². The first-order valence-electron chi connectivity index (χ1n) is 6.24. The maximum atomic E-state index is 12.4. The summed E-state index contributed by atoms with van der Waals surface area (Å²) in [6, 6.07) is 11.4. The highest BCUT2D eigenvalue weighted by Gasteiger charge is 2.39. The van der Waals surface area contributed by atoms with E-state index in [0.717, 1.165) is 11.1 Å². The van der Waals surface area contributed by atoms with Crippen LogP contribution >= 0.6 is 23.4 Å². The van der Waals surface area contributed by atoms with Crippen molar-refractivity contribution >= 4 is 29.3 Å². The predicted octanol–water partition coefficient (Wildman–Crippen LogP) is 3.68. The minimum absolute atomic E-state index is 0.0110. The Morgan fingerprint density at radius 2 is 1.95 bits per heavy atom. The minimum atomic E-state index is -0.178. The van der Waals surface area contributed by atoms with E-state index in [4.69, 9.17) is 11.6 Å². The highest BCUT2D eigenvalue weighted by Crippen LogP contribution is 2.49. The van der Waals surface area contributed by atoms with Crippen LogP contribution in [-0.4, -0.2) is 22.8 Å². The number of amides is 1. The molecule has 5 heteroatoms. The van der Waals surface area contributed by atoms with Gasteiger partial charge in [-0.1, -0.05) is 29.8 Å². The lowest BCUT2D eigenvalue weighted by atomic mass is 10.1. The normalized spacial score (nSPS) is 22.3. The molecule has 2 unspecified atom stereocenters. The van der Waals surface area contributed by atoms with Gasteiger partial charge in [0.15, 0.2) is 0 Å². The molecule has 1 aliphatic rings. The van der Waals surface area contributed by atoms with E-state index in [0.29, 0.717) is 5.02 Å². The Morgan fingerprint density at radius 1 is 1.20 bits per heavy atom. The lowest BCUT2D eigenvalue weighted by molar-refractivity contribution is -0.128. The lowest BCUT2D eigenvalue weighted by Gasteiger charge is -2.18. The van der Waals surface area contributed by atoms with Crippen molar-refractivity contribution in [3.63, 3.8) is 0 Å². The quantitative estimate of drug-likeness (QED) is 0.848. The Bertz CT molecular complexity index is 618. The predicted molar refractivity (Wildman–Crippen MR) is 81.5 cm³/mol. The Morgan fingerprint density at radius 3 is 2.60 bits per heavy atom. The smallest absolute Gasteiger partial charge is 0.241 e. The molecular weight excluding hydrogens is 292 g/mol. The molecule has 0 spiro atoms. The first kappa shape index (κ1) is 13.5. The maximum Gasteiger partial charge on any atom is 0.241 e. The number of halogens is 1. The molecule has 102 valence electrons. The molecule has 1 aromatic heterocycles. The third-order valence-electron chi connectivity index (χ3n) is 3.33. The summed E-state index contributed by atoms with van der Waals surface area (Å²) in [5, 5.41) is 0.515. The van der Waals surface area contributed by atoms with Gasteiger partial charge in [0.2, 0.25) is 5.91 Å².